The Hall–Kier alpha value is -2.41. The van der Waals surface area contributed by atoms with Crippen LogP contribution in [-0.4, -0.2) is 25.3 Å². The lowest BCUT2D eigenvalue weighted by Gasteiger charge is -2.00. The van der Waals surface area contributed by atoms with Crippen molar-refractivity contribution in [2.75, 3.05) is 0 Å². The normalized spacial score (nSPS) is 10.7. The maximum Gasteiger partial charge on any atom is 0.265 e. The van der Waals surface area contributed by atoms with E-state index >= 15 is 0 Å². The second kappa shape index (κ2) is 4.11. The summed E-state index contributed by atoms with van der Waals surface area (Å²) in [6.07, 6.45) is 0. The molecule has 2 aromatic heterocycles. The molecular formula is C11H7N3O3S. The Kier molecular flexibility index (Phi) is 2.45. The third kappa shape index (κ3) is 1.70. The smallest absolute Gasteiger partial charge is 0.265 e. The molecule has 0 saturated heterocycles. The molecule has 2 N–H and O–H groups in total. The van der Waals surface area contributed by atoms with E-state index in [0.29, 0.717) is 11.5 Å². The van der Waals surface area contributed by atoms with E-state index in [1.807, 2.05) is 0 Å². The largest absolute Gasteiger partial charge is 0.507 e. The molecule has 1 aromatic carbocycles. The number of thiazole rings is 1. The highest BCUT2D eigenvalue weighted by molar-refractivity contribution is 7.07. The fraction of sp³-hybridized carbons (Fsp3) is 0. The second-order valence-corrected chi connectivity index (χ2v) is 4.19. The Morgan fingerprint density at radius 1 is 1.17 bits per heavy atom. The zero-order valence-electron chi connectivity index (χ0n) is 8.94. The van der Waals surface area contributed by atoms with Crippen LogP contribution in [0.3, 0.4) is 0 Å². The van der Waals surface area contributed by atoms with E-state index in [1.165, 1.54) is 29.5 Å². The van der Waals surface area contributed by atoms with E-state index in [4.69, 9.17) is 4.52 Å². The zero-order chi connectivity index (χ0) is 12.5. The van der Waals surface area contributed by atoms with Gasteiger partial charge in [0.25, 0.3) is 5.89 Å². The van der Waals surface area contributed by atoms with Gasteiger partial charge in [0, 0.05) is 5.38 Å². The predicted octanol–water partition coefficient (Wildman–Crippen LogP) is 2.27. The van der Waals surface area contributed by atoms with Gasteiger partial charge in [0.05, 0.1) is 5.51 Å². The lowest BCUT2D eigenvalue weighted by atomic mass is 10.2. The van der Waals surface area contributed by atoms with Crippen LogP contribution in [0.5, 0.6) is 11.5 Å². The summed E-state index contributed by atoms with van der Waals surface area (Å²) >= 11 is 1.41. The van der Waals surface area contributed by atoms with Gasteiger partial charge in [-0.05, 0) is 12.1 Å². The molecule has 0 aliphatic rings. The molecule has 0 saturated carbocycles. The molecule has 0 spiro atoms. The van der Waals surface area contributed by atoms with Gasteiger partial charge in [0.1, 0.15) is 22.8 Å². The van der Waals surface area contributed by atoms with Gasteiger partial charge >= 0.3 is 0 Å². The molecule has 7 heteroatoms. The minimum absolute atomic E-state index is 0.0496. The van der Waals surface area contributed by atoms with Crippen LogP contribution in [0.1, 0.15) is 0 Å². The summed E-state index contributed by atoms with van der Waals surface area (Å²) in [5, 5.41) is 24.9. The number of hydrogen-bond acceptors (Lipinski definition) is 7. The molecular weight excluding hydrogens is 254 g/mol. The first-order valence-electron chi connectivity index (χ1n) is 4.99. The summed E-state index contributed by atoms with van der Waals surface area (Å²) in [7, 11) is 0. The van der Waals surface area contributed by atoms with Crippen molar-refractivity contribution in [3.05, 3.63) is 29.1 Å². The maximum atomic E-state index is 9.68. The molecule has 0 bridgehead atoms. The van der Waals surface area contributed by atoms with Crippen LogP contribution in [0.2, 0.25) is 0 Å². The first kappa shape index (κ1) is 10.7. The van der Waals surface area contributed by atoms with Crippen LogP contribution >= 0.6 is 11.3 Å². The van der Waals surface area contributed by atoms with Gasteiger partial charge in [-0.1, -0.05) is 11.2 Å². The zero-order valence-corrected chi connectivity index (χ0v) is 9.76. The third-order valence-corrected chi connectivity index (χ3v) is 2.91. The van der Waals surface area contributed by atoms with Gasteiger partial charge in [0.15, 0.2) is 0 Å². The van der Waals surface area contributed by atoms with Crippen molar-refractivity contribution < 1.29 is 14.7 Å². The van der Waals surface area contributed by atoms with Crippen LogP contribution in [0, 0.1) is 0 Å². The van der Waals surface area contributed by atoms with Crippen LogP contribution in [0.4, 0.5) is 0 Å². The fourth-order valence-corrected chi connectivity index (χ4v) is 2.03. The Bertz CT molecular complexity index is 658. The van der Waals surface area contributed by atoms with Crippen LogP contribution < -0.4 is 0 Å². The lowest BCUT2D eigenvalue weighted by Crippen LogP contribution is -1.82. The molecule has 0 amide bonds. The van der Waals surface area contributed by atoms with E-state index in [1.54, 1.807) is 10.9 Å². The molecule has 0 atom stereocenters. The molecule has 2 heterocycles. The molecule has 0 aliphatic carbocycles. The summed E-state index contributed by atoms with van der Waals surface area (Å²) in [6, 6.07) is 4.38. The van der Waals surface area contributed by atoms with Crippen LogP contribution in [0.25, 0.3) is 23.0 Å². The number of phenols is 2. The molecule has 90 valence electrons. The minimum Gasteiger partial charge on any atom is -0.507 e. The predicted molar refractivity (Wildman–Crippen MR) is 64.2 cm³/mol. The quantitative estimate of drug-likeness (QED) is 0.735. The number of benzene rings is 1. The van der Waals surface area contributed by atoms with E-state index in [0.717, 1.165) is 0 Å². The van der Waals surface area contributed by atoms with E-state index in [-0.39, 0.29) is 23.0 Å². The Labute approximate surface area is 105 Å². The number of hydrogen-bond donors (Lipinski definition) is 2. The Balaban J connectivity index is 2.09. The maximum absolute atomic E-state index is 9.68. The van der Waals surface area contributed by atoms with Crippen molar-refractivity contribution >= 4 is 11.3 Å². The lowest BCUT2D eigenvalue weighted by molar-refractivity contribution is 0.416. The van der Waals surface area contributed by atoms with Gasteiger partial charge in [0.2, 0.25) is 5.82 Å². The summed E-state index contributed by atoms with van der Waals surface area (Å²) in [5.41, 5.74) is 2.36. The van der Waals surface area contributed by atoms with E-state index < -0.39 is 0 Å². The van der Waals surface area contributed by atoms with Gasteiger partial charge in [-0.25, -0.2) is 4.98 Å². The molecule has 3 rings (SSSR count). The third-order valence-electron chi connectivity index (χ3n) is 2.32. The van der Waals surface area contributed by atoms with Gasteiger partial charge in [-0.2, -0.15) is 4.98 Å². The average Bonchev–Trinajstić information content (AvgIpc) is 2.99. The van der Waals surface area contributed by atoms with Crippen LogP contribution in [0.15, 0.2) is 33.6 Å². The van der Waals surface area contributed by atoms with Crippen LogP contribution in [-0.2, 0) is 0 Å². The molecule has 0 fully saturated rings. The number of aromatic hydroxyl groups is 2. The number of rotatable bonds is 2. The van der Waals surface area contributed by atoms with Crippen molar-refractivity contribution in [3.8, 4) is 34.5 Å². The highest BCUT2D eigenvalue weighted by Gasteiger charge is 2.18. The molecule has 3 aromatic rings. The van der Waals surface area contributed by atoms with Crippen molar-refractivity contribution in [2.24, 2.45) is 0 Å². The molecule has 0 aliphatic heterocycles. The Morgan fingerprint density at radius 3 is 2.61 bits per heavy atom. The first-order chi connectivity index (χ1) is 8.75. The Morgan fingerprint density at radius 2 is 1.94 bits per heavy atom. The molecule has 18 heavy (non-hydrogen) atoms. The van der Waals surface area contributed by atoms with Gasteiger partial charge in [-0.3, -0.25) is 0 Å². The summed E-state index contributed by atoms with van der Waals surface area (Å²) in [5.74, 6) is 0.120. The summed E-state index contributed by atoms with van der Waals surface area (Å²) in [4.78, 5) is 8.14. The summed E-state index contributed by atoms with van der Waals surface area (Å²) in [6.45, 7) is 0. The van der Waals surface area contributed by atoms with Crippen molar-refractivity contribution in [1.29, 1.82) is 0 Å². The van der Waals surface area contributed by atoms with Crippen molar-refractivity contribution in [1.82, 2.24) is 15.1 Å². The molecule has 0 radical (unpaired) electrons. The topological polar surface area (TPSA) is 92.3 Å². The van der Waals surface area contributed by atoms with Gasteiger partial charge < -0.3 is 14.7 Å². The van der Waals surface area contributed by atoms with E-state index in [9.17, 15) is 10.2 Å². The first-order valence-corrected chi connectivity index (χ1v) is 5.93. The highest BCUT2D eigenvalue weighted by atomic mass is 32.1. The molecule has 0 unspecified atom stereocenters. The molecule has 6 nitrogen and oxygen atoms in total. The van der Waals surface area contributed by atoms with Crippen molar-refractivity contribution in [3.63, 3.8) is 0 Å². The second-order valence-electron chi connectivity index (χ2n) is 3.47. The van der Waals surface area contributed by atoms with E-state index in [2.05, 4.69) is 15.1 Å². The van der Waals surface area contributed by atoms with Crippen molar-refractivity contribution in [2.45, 2.75) is 0 Å². The number of aromatic nitrogens is 3. The number of phenolic OH excluding ortho intramolecular Hbond substituents is 2. The SMILES string of the molecule is Oc1cccc(O)c1-c1nc(-c2cscn2)no1. The average molecular weight is 261 g/mol. The monoisotopic (exact) mass is 261 g/mol. The fourth-order valence-electron chi connectivity index (χ4n) is 1.50. The number of nitrogens with zero attached hydrogens (tertiary/aromatic N) is 3. The van der Waals surface area contributed by atoms with Gasteiger partial charge in [-0.15, -0.1) is 11.3 Å². The summed E-state index contributed by atoms with van der Waals surface area (Å²) < 4.78 is 5.02. The standard InChI is InChI=1S/C11H7N3O3S/c15-7-2-1-3-8(16)9(7)11-13-10(14-17-11)6-4-18-5-12-6/h1-5,15-16H. The highest BCUT2D eigenvalue weighted by Crippen LogP contribution is 2.36. The minimum atomic E-state index is -0.122.